The van der Waals surface area contributed by atoms with Gasteiger partial charge < -0.3 is 5.32 Å². The zero-order valence-electron chi connectivity index (χ0n) is 11.6. The fourth-order valence-corrected chi connectivity index (χ4v) is 2.88. The van der Waals surface area contributed by atoms with Gasteiger partial charge in [0.2, 0.25) is 5.91 Å². The Hall–Kier alpha value is -0.0500. The molecular weight excluding hydrogens is 278 g/mol. The van der Waals surface area contributed by atoms with E-state index in [1.165, 1.54) is 12.8 Å². The molecular formula is C14H26BrNO. The van der Waals surface area contributed by atoms with Crippen molar-refractivity contribution in [2.45, 2.75) is 65.3 Å². The number of hydrogen-bond donors (Lipinski definition) is 1. The van der Waals surface area contributed by atoms with Gasteiger partial charge in [-0.15, -0.1) is 0 Å². The Morgan fingerprint density at radius 3 is 2.35 bits per heavy atom. The zero-order valence-corrected chi connectivity index (χ0v) is 13.2. The molecule has 1 aliphatic carbocycles. The maximum absolute atomic E-state index is 12.3. The first-order valence-electron chi connectivity index (χ1n) is 6.74. The van der Waals surface area contributed by atoms with E-state index in [1.807, 2.05) is 13.8 Å². The van der Waals surface area contributed by atoms with Gasteiger partial charge in [0.15, 0.2) is 0 Å². The Morgan fingerprint density at radius 1 is 1.41 bits per heavy atom. The SMILES string of the molecule is CCC(C)(C)C(=O)NC1(CBr)CCC(C)CC1. The molecule has 1 aliphatic rings. The molecule has 0 atom stereocenters. The van der Waals surface area contributed by atoms with Gasteiger partial charge in [0.05, 0.1) is 0 Å². The second-order valence-corrected chi connectivity index (χ2v) is 6.85. The number of amides is 1. The van der Waals surface area contributed by atoms with Crippen LogP contribution in [0.5, 0.6) is 0 Å². The van der Waals surface area contributed by atoms with E-state index in [2.05, 4.69) is 35.1 Å². The Morgan fingerprint density at radius 2 is 1.94 bits per heavy atom. The summed E-state index contributed by atoms with van der Waals surface area (Å²) >= 11 is 3.59. The summed E-state index contributed by atoms with van der Waals surface area (Å²) in [5.41, 5.74) is -0.256. The third kappa shape index (κ3) is 3.70. The van der Waals surface area contributed by atoms with Crippen LogP contribution in [0.3, 0.4) is 0 Å². The summed E-state index contributed by atoms with van der Waals surface area (Å²) in [6.07, 6.45) is 5.53. The smallest absolute Gasteiger partial charge is 0.226 e. The molecule has 3 heteroatoms. The van der Waals surface area contributed by atoms with E-state index in [0.717, 1.165) is 30.5 Å². The lowest BCUT2D eigenvalue weighted by molar-refractivity contribution is -0.131. The van der Waals surface area contributed by atoms with Gasteiger partial charge in [-0.2, -0.15) is 0 Å². The number of hydrogen-bond acceptors (Lipinski definition) is 1. The molecule has 17 heavy (non-hydrogen) atoms. The largest absolute Gasteiger partial charge is 0.349 e. The fraction of sp³-hybridized carbons (Fsp3) is 0.929. The van der Waals surface area contributed by atoms with Crippen LogP contribution in [0.15, 0.2) is 0 Å². The maximum Gasteiger partial charge on any atom is 0.226 e. The second kappa shape index (κ2) is 5.73. The molecule has 2 nitrogen and oxygen atoms in total. The summed E-state index contributed by atoms with van der Waals surface area (Å²) in [5, 5.41) is 4.18. The van der Waals surface area contributed by atoms with Crippen molar-refractivity contribution in [1.29, 1.82) is 0 Å². The number of halogens is 1. The highest BCUT2D eigenvalue weighted by Gasteiger charge is 2.37. The first kappa shape index (κ1) is 15.0. The molecule has 1 saturated carbocycles. The third-order valence-corrected chi connectivity index (χ3v) is 5.44. The van der Waals surface area contributed by atoms with Crippen LogP contribution < -0.4 is 5.32 Å². The average Bonchev–Trinajstić information content (AvgIpc) is 2.32. The summed E-state index contributed by atoms with van der Waals surface area (Å²) in [5.74, 6) is 1.01. The van der Waals surface area contributed by atoms with Crippen molar-refractivity contribution in [3.8, 4) is 0 Å². The number of rotatable bonds is 4. The molecule has 1 amide bonds. The monoisotopic (exact) mass is 303 g/mol. The number of nitrogens with one attached hydrogen (secondary N) is 1. The number of alkyl halides is 1. The standard InChI is InChI=1S/C14H26BrNO/c1-5-13(3,4)12(17)16-14(10-15)8-6-11(2)7-9-14/h11H,5-10H2,1-4H3,(H,16,17). The Bertz CT molecular complexity index is 267. The van der Waals surface area contributed by atoms with E-state index in [0.29, 0.717) is 0 Å². The zero-order chi connectivity index (χ0) is 13.1. The highest BCUT2D eigenvalue weighted by molar-refractivity contribution is 9.09. The molecule has 0 heterocycles. The summed E-state index contributed by atoms with van der Waals surface area (Å²) in [4.78, 5) is 12.3. The van der Waals surface area contributed by atoms with Gasteiger partial charge in [0.1, 0.15) is 0 Å². The minimum absolute atomic E-state index is 0.00394. The third-order valence-electron chi connectivity index (χ3n) is 4.36. The predicted octanol–water partition coefficient (Wildman–Crippen LogP) is 3.88. The molecule has 1 fully saturated rings. The first-order chi connectivity index (χ1) is 7.85. The van der Waals surface area contributed by atoms with Crippen LogP contribution >= 0.6 is 15.9 Å². The van der Waals surface area contributed by atoms with E-state index >= 15 is 0 Å². The van der Waals surface area contributed by atoms with E-state index in [9.17, 15) is 4.79 Å². The average molecular weight is 304 g/mol. The van der Waals surface area contributed by atoms with Crippen LogP contribution in [0.25, 0.3) is 0 Å². The highest BCUT2D eigenvalue weighted by Crippen LogP contribution is 2.34. The fourth-order valence-electron chi connectivity index (χ4n) is 2.18. The molecule has 0 aromatic rings. The van der Waals surface area contributed by atoms with Crippen molar-refractivity contribution in [2.75, 3.05) is 5.33 Å². The quantitative estimate of drug-likeness (QED) is 0.785. The van der Waals surface area contributed by atoms with Crippen molar-refractivity contribution in [1.82, 2.24) is 5.32 Å². The summed E-state index contributed by atoms with van der Waals surface area (Å²) in [7, 11) is 0. The number of carbonyl (C=O) groups is 1. The molecule has 0 aliphatic heterocycles. The predicted molar refractivity (Wildman–Crippen MR) is 76.4 cm³/mol. The number of carbonyl (C=O) groups excluding carboxylic acids is 1. The molecule has 100 valence electrons. The van der Waals surface area contributed by atoms with Gasteiger partial charge in [-0.3, -0.25) is 4.79 Å². The normalized spacial score (nSPS) is 30.1. The molecule has 1 N–H and O–H groups in total. The van der Waals surface area contributed by atoms with Crippen molar-refractivity contribution in [3.05, 3.63) is 0 Å². The van der Waals surface area contributed by atoms with Gasteiger partial charge in [-0.25, -0.2) is 0 Å². The van der Waals surface area contributed by atoms with Crippen molar-refractivity contribution >= 4 is 21.8 Å². The van der Waals surface area contributed by atoms with Crippen molar-refractivity contribution in [3.63, 3.8) is 0 Å². The van der Waals surface area contributed by atoms with Gasteiger partial charge in [-0.1, -0.05) is 43.6 Å². The first-order valence-corrected chi connectivity index (χ1v) is 7.86. The van der Waals surface area contributed by atoms with Crippen LogP contribution in [-0.2, 0) is 4.79 Å². The molecule has 0 aromatic carbocycles. The topological polar surface area (TPSA) is 29.1 Å². The van der Waals surface area contributed by atoms with E-state index < -0.39 is 0 Å². The van der Waals surface area contributed by atoms with E-state index in [-0.39, 0.29) is 16.9 Å². The molecule has 0 aromatic heterocycles. The summed E-state index contributed by atoms with van der Waals surface area (Å²) < 4.78 is 0. The Balaban J connectivity index is 2.67. The summed E-state index contributed by atoms with van der Waals surface area (Å²) in [6, 6.07) is 0. The van der Waals surface area contributed by atoms with Crippen LogP contribution in [0, 0.1) is 11.3 Å². The molecule has 0 saturated heterocycles. The maximum atomic E-state index is 12.3. The lowest BCUT2D eigenvalue weighted by Gasteiger charge is -2.41. The molecule has 1 rings (SSSR count). The van der Waals surface area contributed by atoms with Gasteiger partial charge in [0, 0.05) is 16.3 Å². The summed E-state index contributed by atoms with van der Waals surface area (Å²) in [6.45, 7) is 8.42. The van der Waals surface area contributed by atoms with Crippen molar-refractivity contribution < 1.29 is 4.79 Å². The lowest BCUT2D eigenvalue weighted by atomic mass is 9.77. The van der Waals surface area contributed by atoms with Gasteiger partial charge >= 0.3 is 0 Å². The minimum Gasteiger partial charge on any atom is -0.349 e. The lowest BCUT2D eigenvalue weighted by Crippen LogP contribution is -2.55. The molecule has 0 bridgehead atoms. The van der Waals surface area contributed by atoms with Crippen LogP contribution in [0.1, 0.15) is 59.8 Å². The minimum atomic E-state index is -0.252. The van der Waals surface area contributed by atoms with Gasteiger partial charge in [-0.05, 0) is 38.0 Å². The van der Waals surface area contributed by atoms with E-state index in [1.54, 1.807) is 0 Å². The van der Waals surface area contributed by atoms with Crippen LogP contribution in [0.4, 0.5) is 0 Å². The van der Waals surface area contributed by atoms with Gasteiger partial charge in [0.25, 0.3) is 0 Å². The second-order valence-electron chi connectivity index (χ2n) is 6.29. The van der Waals surface area contributed by atoms with Crippen LogP contribution in [0.2, 0.25) is 0 Å². The van der Waals surface area contributed by atoms with Crippen LogP contribution in [-0.4, -0.2) is 16.8 Å². The molecule has 0 radical (unpaired) electrons. The van der Waals surface area contributed by atoms with Crippen molar-refractivity contribution in [2.24, 2.45) is 11.3 Å². The Kier molecular flexibility index (Phi) is 5.06. The van der Waals surface area contributed by atoms with E-state index in [4.69, 9.17) is 0 Å². The Labute approximate surface area is 114 Å². The highest BCUT2D eigenvalue weighted by atomic mass is 79.9. The molecule has 0 unspecified atom stereocenters. The molecule has 0 spiro atoms.